The summed E-state index contributed by atoms with van der Waals surface area (Å²) in [6.45, 7) is 13.0. The van der Waals surface area contributed by atoms with E-state index in [2.05, 4.69) is 65.2 Å². The van der Waals surface area contributed by atoms with Gasteiger partial charge < -0.3 is 0 Å². The molecule has 0 saturated heterocycles. The van der Waals surface area contributed by atoms with Crippen LogP contribution < -0.4 is 0 Å². The molecule has 0 aromatic heterocycles. The minimum absolute atomic E-state index is 0.443. The zero-order chi connectivity index (χ0) is 11.1. The first-order valence-electron chi connectivity index (χ1n) is 5.46. The molecular formula is C14H22. The summed E-state index contributed by atoms with van der Waals surface area (Å²) in [7, 11) is 0. The van der Waals surface area contributed by atoms with Crippen LogP contribution in [0, 0.1) is 47.4 Å². The molecular weight excluding hydrogens is 168 g/mol. The van der Waals surface area contributed by atoms with E-state index in [0.717, 1.165) is 0 Å². The highest BCUT2D eigenvalue weighted by Gasteiger charge is 2.01. The van der Waals surface area contributed by atoms with Crippen molar-refractivity contribution in [2.45, 2.75) is 41.5 Å². The Morgan fingerprint density at radius 1 is 0.571 bits per heavy atom. The van der Waals surface area contributed by atoms with Crippen molar-refractivity contribution in [2.75, 3.05) is 0 Å². The highest BCUT2D eigenvalue weighted by molar-refractivity contribution is 5.27. The van der Waals surface area contributed by atoms with Gasteiger partial charge in [0.15, 0.2) is 0 Å². The Kier molecular flexibility index (Phi) is 6.14. The monoisotopic (exact) mass is 190 g/mol. The van der Waals surface area contributed by atoms with Crippen molar-refractivity contribution in [1.82, 2.24) is 0 Å². The Labute approximate surface area is 89.5 Å². The van der Waals surface area contributed by atoms with Gasteiger partial charge in [0.25, 0.3) is 0 Å². The molecule has 0 aliphatic heterocycles. The van der Waals surface area contributed by atoms with Crippen LogP contribution in [-0.2, 0) is 0 Å². The van der Waals surface area contributed by atoms with E-state index in [1.807, 2.05) is 0 Å². The summed E-state index contributed by atoms with van der Waals surface area (Å²) in [5.41, 5.74) is 0. The van der Waals surface area contributed by atoms with Gasteiger partial charge in [0.2, 0.25) is 0 Å². The van der Waals surface area contributed by atoms with Crippen LogP contribution in [0.5, 0.6) is 0 Å². The maximum atomic E-state index is 3.15. The van der Waals surface area contributed by atoms with Gasteiger partial charge in [-0.15, -0.1) is 0 Å². The molecule has 0 aliphatic rings. The van der Waals surface area contributed by atoms with Crippen molar-refractivity contribution in [3.63, 3.8) is 0 Å². The lowest BCUT2D eigenvalue weighted by Crippen LogP contribution is -2.00. The van der Waals surface area contributed by atoms with Crippen LogP contribution in [-0.4, -0.2) is 0 Å². The summed E-state index contributed by atoms with van der Waals surface area (Å²) < 4.78 is 0. The first kappa shape index (κ1) is 13.1. The predicted molar refractivity (Wildman–Crippen MR) is 63.6 cm³/mol. The molecule has 0 heteroatoms. The minimum atomic E-state index is 0.443. The van der Waals surface area contributed by atoms with Crippen LogP contribution in [0.4, 0.5) is 0 Å². The van der Waals surface area contributed by atoms with Crippen molar-refractivity contribution in [3.8, 4) is 23.7 Å². The smallest absolute Gasteiger partial charge is 0.0207 e. The van der Waals surface area contributed by atoms with Crippen LogP contribution in [0.3, 0.4) is 0 Å². The van der Waals surface area contributed by atoms with Gasteiger partial charge >= 0.3 is 0 Å². The van der Waals surface area contributed by atoms with Crippen LogP contribution in [0.15, 0.2) is 0 Å². The third-order valence-electron chi connectivity index (χ3n) is 2.66. The maximum Gasteiger partial charge on any atom is 0.0207 e. The number of hydrogen-bond acceptors (Lipinski definition) is 0. The van der Waals surface area contributed by atoms with E-state index >= 15 is 0 Å². The highest BCUT2D eigenvalue weighted by atomic mass is 14.1. The average Bonchev–Trinajstić information content (AvgIpc) is 2.11. The van der Waals surface area contributed by atoms with Crippen molar-refractivity contribution in [2.24, 2.45) is 23.7 Å². The van der Waals surface area contributed by atoms with Gasteiger partial charge in [-0.3, -0.25) is 0 Å². The predicted octanol–water partition coefficient (Wildman–Crippen LogP) is 3.58. The standard InChI is InChI=1S/C14H22/c1-11(2)13(5)9-7-8-10-14(6)12(3)4/h11-14H,1-6H3. The van der Waals surface area contributed by atoms with Gasteiger partial charge in [0.05, 0.1) is 0 Å². The lowest BCUT2D eigenvalue weighted by molar-refractivity contribution is 0.519. The molecule has 0 aromatic carbocycles. The van der Waals surface area contributed by atoms with Crippen LogP contribution >= 0.6 is 0 Å². The summed E-state index contributed by atoms with van der Waals surface area (Å²) >= 11 is 0. The van der Waals surface area contributed by atoms with Gasteiger partial charge in [0.1, 0.15) is 0 Å². The first-order valence-corrected chi connectivity index (χ1v) is 5.46. The van der Waals surface area contributed by atoms with E-state index in [-0.39, 0.29) is 0 Å². The summed E-state index contributed by atoms with van der Waals surface area (Å²) in [6, 6.07) is 0. The van der Waals surface area contributed by atoms with Crippen molar-refractivity contribution in [1.29, 1.82) is 0 Å². The topological polar surface area (TPSA) is 0 Å². The zero-order valence-electron chi connectivity index (χ0n) is 10.3. The second-order valence-corrected chi connectivity index (χ2v) is 4.60. The molecule has 0 nitrogen and oxygen atoms in total. The fourth-order valence-corrected chi connectivity index (χ4v) is 0.633. The average molecular weight is 190 g/mol. The first-order chi connectivity index (χ1) is 6.45. The summed E-state index contributed by atoms with van der Waals surface area (Å²) in [5, 5.41) is 0. The van der Waals surface area contributed by atoms with Gasteiger partial charge in [0, 0.05) is 11.8 Å². The Bertz CT molecular complexity index is 232. The van der Waals surface area contributed by atoms with E-state index in [9.17, 15) is 0 Å². The quantitative estimate of drug-likeness (QED) is 0.584. The second-order valence-electron chi connectivity index (χ2n) is 4.60. The van der Waals surface area contributed by atoms with Crippen LogP contribution in [0.1, 0.15) is 41.5 Å². The molecule has 0 spiro atoms. The minimum Gasteiger partial charge on any atom is -0.0857 e. The zero-order valence-corrected chi connectivity index (χ0v) is 10.3. The SMILES string of the molecule is CC(C)C(C)C#CC#CC(C)C(C)C. The van der Waals surface area contributed by atoms with E-state index in [1.54, 1.807) is 0 Å². The van der Waals surface area contributed by atoms with Crippen LogP contribution in [0.25, 0.3) is 0 Å². The summed E-state index contributed by atoms with van der Waals surface area (Å²) in [5.74, 6) is 14.3. The molecule has 0 radical (unpaired) electrons. The largest absolute Gasteiger partial charge is 0.0857 e. The Hall–Kier alpha value is -0.880. The number of hydrogen-bond donors (Lipinski definition) is 0. The Balaban J connectivity index is 4.15. The Morgan fingerprint density at radius 2 is 0.857 bits per heavy atom. The normalized spacial score (nSPS) is 14.0. The lowest BCUT2D eigenvalue weighted by Gasteiger charge is -2.06. The molecule has 0 bridgehead atoms. The molecule has 0 amide bonds. The molecule has 0 aliphatic carbocycles. The van der Waals surface area contributed by atoms with Gasteiger partial charge in [-0.25, -0.2) is 0 Å². The second kappa shape index (κ2) is 6.56. The van der Waals surface area contributed by atoms with Gasteiger partial charge in [-0.2, -0.15) is 0 Å². The van der Waals surface area contributed by atoms with E-state index in [1.165, 1.54) is 0 Å². The molecule has 2 atom stereocenters. The van der Waals surface area contributed by atoms with Crippen molar-refractivity contribution >= 4 is 0 Å². The molecule has 0 aromatic rings. The lowest BCUT2D eigenvalue weighted by atomic mass is 9.98. The van der Waals surface area contributed by atoms with E-state index in [4.69, 9.17) is 0 Å². The number of rotatable bonds is 2. The molecule has 0 N–H and O–H groups in total. The summed E-state index contributed by atoms with van der Waals surface area (Å²) in [4.78, 5) is 0. The van der Waals surface area contributed by atoms with Crippen molar-refractivity contribution < 1.29 is 0 Å². The fourth-order valence-electron chi connectivity index (χ4n) is 0.633. The maximum absolute atomic E-state index is 3.15. The third kappa shape index (κ3) is 5.71. The molecule has 78 valence electrons. The molecule has 0 heterocycles. The molecule has 0 saturated carbocycles. The summed E-state index contributed by atoms with van der Waals surface area (Å²) in [6.07, 6.45) is 0. The van der Waals surface area contributed by atoms with Gasteiger partial charge in [-0.1, -0.05) is 53.4 Å². The molecule has 0 rings (SSSR count). The van der Waals surface area contributed by atoms with E-state index in [0.29, 0.717) is 23.7 Å². The molecule has 2 unspecified atom stereocenters. The van der Waals surface area contributed by atoms with E-state index < -0.39 is 0 Å². The van der Waals surface area contributed by atoms with Crippen molar-refractivity contribution in [3.05, 3.63) is 0 Å². The highest BCUT2D eigenvalue weighted by Crippen LogP contribution is 2.08. The molecule has 14 heavy (non-hydrogen) atoms. The molecule has 0 fully saturated rings. The Morgan fingerprint density at radius 3 is 1.07 bits per heavy atom. The fraction of sp³-hybridized carbons (Fsp3) is 0.714. The van der Waals surface area contributed by atoms with Crippen LogP contribution in [0.2, 0.25) is 0 Å². The van der Waals surface area contributed by atoms with Gasteiger partial charge in [-0.05, 0) is 23.7 Å². The third-order valence-corrected chi connectivity index (χ3v) is 2.66.